The SMILES string of the molecule is CNC(/C=C/C(=O)O)c1cc(Cl)ccc1F. The molecule has 0 bridgehead atoms. The molecule has 3 nitrogen and oxygen atoms in total. The number of benzene rings is 1. The molecule has 5 heteroatoms. The highest BCUT2D eigenvalue weighted by molar-refractivity contribution is 6.30. The number of halogens is 2. The summed E-state index contributed by atoms with van der Waals surface area (Å²) in [6.45, 7) is 0. The summed E-state index contributed by atoms with van der Waals surface area (Å²) in [6, 6.07) is 3.63. The van der Waals surface area contributed by atoms with E-state index in [1.165, 1.54) is 24.3 Å². The number of hydrogen-bond acceptors (Lipinski definition) is 2. The van der Waals surface area contributed by atoms with E-state index in [-0.39, 0.29) is 0 Å². The molecule has 86 valence electrons. The highest BCUT2D eigenvalue weighted by atomic mass is 35.5. The summed E-state index contributed by atoms with van der Waals surface area (Å²) in [6.07, 6.45) is 2.32. The first-order valence-electron chi connectivity index (χ1n) is 4.58. The van der Waals surface area contributed by atoms with Crippen molar-refractivity contribution in [3.63, 3.8) is 0 Å². The summed E-state index contributed by atoms with van der Waals surface area (Å²) >= 11 is 5.75. The summed E-state index contributed by atoms with van der Waals surface area (Å²) < 4.78 is 13.5. The van der Waals surface area contributed by atoms with Gasteiger partial charge in [0.25, 0.3) is 0 Å². The number of nitrogens with one attached hydrogen (secondary N) is 1. The Bertz CT molecular complexity index is 420. The maximum Gasteiger partial charge on any atom is 0.328 e. The number of rotatable bonds is 4. The largest absolute Gasteiger partial charge is 0.478 e. The van der Waals surface area contributed by atoms with Crippen LogP contribution in [0.25, 0.3) is 0 Å². The smallest absolute Gasteiger partial charge is 0.328 e. The van der Waals surface area contributed by atoms with Gasteiger partial charge in [-0.2, -0.15) is 0 Å². The van der Waals surface area contributed by atoms with Crippen LogP contribution in [0.2, 0.25) is 5.02 Å². The highest BCUT2D eigenvalue weighted by Gasteiger charge is 2.11. The summed E-state index contributed by atoms with van der Waals surface area (Å²) in [5.41, 5.74) is 0.313. The number of carbonyl (C=O) groups is 1. The number of hydrogen-bond donors (Lipinski definition) is 2. The zero-order valence-corrected chi connectivity index (χ0v) is 9.33. The Hall–Kier alpha value is -1.39. The van der Waals surface area contributed by atoms with Gasteiger partial charge >= 0.3 is 5.97 Å². The second-order valence-electron chi connectivity index (χ2n) is 3.13. The van der Waals surface area contributed by atoms with Crippen molar-refractivity contribution >= 4 is 17.6 Å². The molecule has 1 atom stereocenters. The van der Waals surface area contributed by atoms with E-state index in [0.29, 0.717) is 10.6 Å². The Morgan fingerprint density at radius 2 is 2.31 bits per heavy atom. The fourth-order valence-electron chi connectivity index (χ4n) is 1.29. The molecule has 2 N–H and O–H groups in total. The fourth-order valence-corrected chi connectivity index (χ4v) is 1.47. The number of aliphatic carboxylic acids is 1. The maximum atomic E-state index is 13.5. The van der Waals surface area contributed by atoms with Gasteiger partial charge in [0.1, 0.15) is 5.82 Å². The third-order valence-corrected chi connectivity index (χ3v) is 2.27. The first kappa shape index (κ1) is 12.7. The van der Waals surface area contributed by atoms with Crippen molar-refractivity contribution in [2.75, 3.05) is 7.05 Å². The second kappa shape index (κ2) is 5.63. The molecule has 0 aliphatic carbocycles. The third-order valence-electron chi connectivity index (χ3n) is 2.04. The van der Waals surface area contributed by atoms with Gasteiger partial charge in [-0.1, -0.05) is 17.7 Å². The fraction of sp³-hybridized carbons (Fsp3) is 0.182. The van der Waals surface area contributed by atoms with Crippen LogP contribution in [0.4, 0.5) is 4.39 Å². The average Bonchev–Trinajstić information content (AvgIpc) is 2.23. The van der Waals surface area contributed by atoms with Crippen LogP contribution in [0.5, 0.6) is 0 Å². The maximum absolute atomic E-state index is 13.5. The van der Waals surface area contributed by atoms with Crippen molar-refractivity contribution in [1.82, 2.24) is 5.32 Å². The van der Waals surface area contributed by atoms with E-state index in [9.17, 15) is 9.18 Å². The standard InChI is InChI=1S/C11H11ClFNO2/c1-14-10(4-5-11(15)16)8-6-7(12)2-3-9(8)13/h2-6,10,14H,1H3,(H,15,16)/b5-4+. The quantitative estimate of drug-likeness (QED) is 0.799. The van der Waals surface area contributed by atoms with Crippen molar-refractivity contribution in [2.45, 2.75) is 6.04 Å². The molecular formula is C11H11ClFNO2. The van der Waals surface area contributed by atoms with E-state index in [1.807, 2.05) is 0 Å². The van der Waals surface area contributed by atoms with Gasteiger partial charge in [-0.05, 0) is 25.2 Å². The minimum absolute atomic E-state index is 0.313. The number of likely N-dealkylation sites (N-methyl/N-ethyl adjacent to an activating group) is 1. The van der Waals surface area contributed by atoms with Gasteiger partial charge < -0.3 is 10.4 Å². The zero-order chi connectivity index (χ0) is 12.1. The molecule has 0 aromatic heterocycles. The van der Waals surface area contributed by atoms with E-state index in [2.05, 4.69) is 5.32 Å². The van der Waals surface area contributed by atoms with Crippen LogP contribution in [-0.4, -0.2) is 18.1 Å². The number of carboxylic acid groups (broad SMARTS) is 1. The Labute approximate surface area is 97.5 Å². The Morgan fingerprint density at radius 1 is 1.62 bits per heavy atom. The van der Waals surface area contributed by atoms with Gasteiger partial charge in [0.05, 0.1) is 6.04 Å². The van der Waals surface area contributed by atoms with Crippen LogP contribution in [0.1, 0.15) is 11.6 Å². The highest BCUT2D eigenvalue weighted by Crippen LogP contribution is 2.22. The molecule has 1 rings (SSSR count). The summed E-state index contributed by atoms with van der Waals surface area (Å²) in [5.74, 6) is -1.51. The van der Waals surface area contributed by atoms with Gasteiger partial charge in [0, 0.05) is 16.7 Å². The van der Waals surface area contributed by atoms with Crippen LogP contribution >= 0.6 is 11.6 Å². The molecule has 0 saturated carbocycles. The molecule has 1 unspecified atom stereocenters. The molecule has 1 aromatic rings. The first-order valence-corrected chi connectivity index (χ1v) is 4.95. The Balaban J connectivity index is 3.03. The monoisotopic (exact) mass is 243 g/mol. The molecule has 16 heavy (non-hydrogen) atoms. The lowest BCUT2D eigenvalue weighted by Crippen LogP contribution is -2.15. The van der Waals surface area contributed by atoms with E-state index in [0.717, 1.165) is 6.08 Å². The lowest BCUT2D eigenvalue weighted by molar-refractivity contribution is -0.131. The molecule has 0 heterocycles. The van der Waals surface area contributed by atoms with Crippen molar-refractivity contribution in [1.29, 1.82) is 0 Å². The molecule has 0 amide bonds. The molecule has 0 radical (unpaired) electrons. The molecule has 1 aromatic carbocycles. The zero-order valence-electron chi connectivity index (χ0n) is 8.58. The second-order valence-corrected chi connectivity index (χ2v) is 3.57. The van der Waals surface area contributed by atoms with Crippen molar-refractivity contribution < 1.29 is 14.3 Å². The van der Waals surface area contributed by atoms with Gasteiger partial charge in [-0.3, -0.25) is 0 Å². The Morgan fingerprint density at radius 3 is 2.88 bits per heavy atom. The minimum atomic E-state index is -1.08. The lowest BCUT2D eigenvalue weighted by atomic mass is 10.1. The normalized spacial score (nSPS) is 12.9. The molecule has 0 aliphatic heterocycles. The van der Waals surface area contributed by atoms with Crippen molar-refractivity contribution in [2.24, 2.45) is 0 Å². The lowest BCUT2D eigenvalue weighted by Gasteiger charge is -2.13. The molecule has 0 fully saturated rings. The van der Waals surface area contributed by atoms with Crippen molar-refractivity contribution in [3.8, 4) is 0 Å². The number of carboxylic acids is 1. The average molecular weight is 244 g/mol. The third kappa shape index (κ3) is 3.32. The van der Waals surface area contributed by atoms with E-state index >= 15 is 0 Å². The molecule has 0 aliphatic rings. The van der Waals surface area contributed by atoms with Crippen LogP contribution < -0.4 is 5.32 Å². The van der Waals surface area contributed by atoms with E-state index < -0.39 is 17.8 Å². The van der Waals surface area contributed by atoms with E-state index in [4.69, 9.17) is 16.7 Å². The van der Waals surface area contributed by atoms with Gasteiger partial charge in [-0.15, -0.1) is 0 Å². The predicted octanol–water partition coefficient (Wildman–Crippen LogP) is 2.38. The van der Waals surface area contributed by atoms with Crippen LogP contribution in [0.3, 0.4) is 0 Å². The summed E-state index contributed by atoms with van der Waals surface area (Å²) in [4.78, 5) is 10.4. The molecular weight excluding hydrogens is 233 g/mol. The Kier molecular flexibility index (Phi) is 4.46. The van der Waals surface area contributed by atoms with Gasteiger partial charge in [0.2, 0.25) is 0 Å². The van der Waals surface area contributed by atoms with Crippen LogP contribution in [0.15, 0.2) is 30.4 Å². The van der Waals surface area contributed by atoms with Crippen LogP contribution in [-0.2, 0) is 4.79 Å². The molecule has 0 spiro atoms. The topological polar surface area (TPSA) is 49.3 Å². The summed E-state index contributed by atoms with van der Waals surface area (Å²) in [7, 11) is 1.61. The van der Waals surface area contributed by atoms with E-state index in [1.54, 1.807) is 7.05 Å². The minimum Gasteiger partial charge on any atom is -0.478 e. The van der Waals surface area contributed by atoms with Crippen LogP contribution in [0, 0.1) is 5.82 Å². The van der Waals surface area contributed by atoms with Gasteiger partial charge in [0.15, 0.2) is 0 Å². The predicted molar refractivity (Wildman–Crippen MR) is 60.0 cm³/mol. The molecule has 0 saturated heterocycles. The first-order chi connectivity index (χ1) is 7.54. The van der Waals surface area contributed by atoms with Crippen molar-refractivity contribution in [3.05, 3.63) is 46.8 Å². The summed E-state index contributed by atoms with van der Waals surface area (Å²) in [5, 5.41) is 11.7. The van der Waals surface area contributed by atoms with Gasteiger partial charge in [-0.25, -0.2) is 9.18 Å².